The lowest BCUT2D eigenvalue weighted by molar-refractivity contribution is -0.124. The van der Waals surface area contributed by atoms with Crippen LogP contribution in [0.1, 0.15) is 48.5 Å². The Hall–Kier alpha value is -3.20. The molecule has 4 rings (SSSR count). The van der Waals surface area contributed by atoms with Gasteiger partial charge in [-0.3, -0.25) is 14.3 Å². The van der Waals surface area contributed by atoms with E-state index in [0.717, 1.165) is 16.6 Å². The standard InChI is InChI=1S/C22H24N4O4S/c1-13(2)22(28)25-18(21-23-16-5-3-4-6-17(16)24-21)11-14-7-9-15(10-8-14)19-12-20(27)26-31(19,29)30/h3-10,13,18-19H,11-12H2,1-2H3,(H,23,24)(H,25,28)(H,26,27)/t18-,19?/m0/s1. The number of carbonyl (C=O) groups is 2. The Morgan fingerprint density at radius 1 is 1.16 bits per heavy atom. The molecular weight excluding hydrogens is 416 g/mol. The van der Waals surface area contributed by atoms with Crippen LogP contribution in [0.5, 0.6) is 0 Å². The lowest BCUT2D eigenvalue weighted by Crippen LogP contribution is -2.33. The van der Waals surface area contributed by atoms with Gasteiger partial charge in [0.1, 0.15) is 11.1 Å². The number of sulfonamides is 1. The van der Waals surface area contributed by atoms with Gasteiger partial charge in [-0.1, -0.05) is 50.2 Å². The number of nitrogens with one attached hydrogen (secondary N) is 3. The molecule has 1 fully saturated rings. The van der Waals surface area contributed by atoms with Crippen LogP contribution in [0.15, 0.2) is 48.5 Å². The lowest BCUT2D eigenvalue weighted by atomic mass is 10.0. The monoisotopic (exact) mass is 440 g/mol. The number of aromatic amines is 1. The molecule has 0 spiro atoms. The van der Waals surface area contributed by atoms with Crippen molar-refractivity contribution in [1.82, 2.24) is 20.0 Å². The summed E-state index contributed by atoms with van der Waals surface area (Å²) in [5, 5.41) is 2.17. The van der Waals surface area contributed by atoms with Crippen molar-refractivity contribution in [2.45, 2.75) is 38.0 Å². The second-order valence-corrected chi connectivity index (χ2v) is 9.93. The van der Waals surface area contributed by atoms with Gasteiger partial charge in [-0.05, 0) is 29.7 Å². The number of hydrogen-bond acceptors (Lipinski definition) is 5. The highest BCUT2D eigenvalue weighted by Gasteiger charge is 2.37. The number of benzene rings is 2. The van der Waals surface area contributed by atoms with Gasteiger partial charge in [0, 0.05) is 5.92 Å². The molecule has 2 amide bonds. The molecule has 1 saturated heterocycles. The zero-order valence-electron chi connectivity index (χ0n) is 17.3. The molecule has 3 aromatic rings. The predicted molar refractivity (Wildman–Crippen MR) is 116 cm³/mol. The van der Waals surface area contributed by atoms with Gasteiger partial charge in [-0.2, -0.15) is 0 Å². The molecule has 1 unspecified atom stereocenters. The molecule has 0 bridgehead atoms. The van der Waals surface area contributed by atoms with Crippen molar-refractivity contribution in [3.05, 3.63) is 65.5 Å². The van der Waals surface area contributed by atoms with Crippen LogP contribution in [-0.2, 0) is 26.0 Å². The van der Waals surface area contributed by atoms with Crippen LogP contribution in [-0.4, -0.2) is 30.2 Å². The maximum absolute atomic E-state index is 12.4. The van der Waals surface area contributed by atoms with Gasteiger partial charge in [0.15, 0.2) is 0 Å². The van der Waals surface area contributed by atoms with Gasteiger partial charge >= 0.3 is 0 Å². The van der Waals surface area contributed by atoms with Gasteiger partial charge < -0.3 is 10.3 Å². The third kappa shape index (κ3) is 4.46. The Bertz CT molecular complexity index is 1200. The predicted octanol–water partition coefficient (Wildman–Crippen LogP) is 2.51. The van der Waals surface area contributed by atoms with E-state index in [1.54, 1.807) is 12.1 Å². The first kappa shape index (κ1) is 21.0. The summed E-state index contributed by atoms with van der Waals surface area (Å²) in [4.78, 5) is 31.8. The highest BCUT2D eigenvalue weighted by atomic mass is 32.2. The number of hydrogen-bond donors (Lipinski definition) is 3. The molecule has 2 aromatic carbocycles. The Morgan fingerprint density at radius 3 is 2.48 bits per heavy atom. The SMILES string of the molecule is CC(C)C(=O)N[C@@H](Cc1ccc(C2CC(=O)NS2(=O)=O)cc1)c1nc2ccccc2[nH]1. The maximum Gasteiger partial charge on any atom is 0.242 e. The van der Waals surface area contributed by atoms with E-state index in [-0.39, 0.29) is 24.3 Å². The van der Waals surface area contributed by atoms with Gasteiger partial charge in [0.25, 0.3) is 0 Å². The molecule has 31 heavy (non-hydrogen) atoms. The van der Waals surface area contributed by atoms with E-state index in [1.807, 2.05) is 55.0 Å². The van der Waals surface area contributed by atoms with Crippen molar-refractivity contribution in [3.8, 4) is 0 Å². The molecule has 1 aliphatic rings. The number of para-hydroxylation sites is 2. The van der Waals surface area contributed by atoms with E-state index < -0.39 is 21.2 Å². The molecule has 1 aromatic heterocycles. The van der Waals surface area contributed by atoms with Gasteiger partial charge in [-0.25, -0.2) is 13.4 Å². The van der Waals surface area contributed by atoms with Crippen molar-refractivity contribution < 1.29 is 18.0 Å². The summed E-state index contributed by atoms with van der Waals surface area (Å²) >= 11 is 0. The molecule has 0 radical (unpaired) electrons. The number of carbonyl (C=O) groups excluding carboxylic acids is 2. The average Bonchev–Trinajstić information content (AvgIpc) is 3.27. The van der Waals surface area contributed by atoms with Crippen LogP contribution in [0.3, 0.4) is 0 Å². The molecule has 162 valence electrons. The van der Waals surface area contributed by atoms with Crippen LogP contribution in [0.4, 0.5) is 0 Å². The quantitative estimate of drug-likeness (QED) is 0.544. The van der Waals surface area contributed by atoms with Gasteiger partial charge in [-0.15, -0.1) is 0 Å². The number of H-pyrrole nitrogens is 1. The summed E-state index contributed by atoms with van der Waals surface area (Å²) < 4.78 is 26.2. The number of imidazole rings is 1. The molecule has 8 nitrogen and oxygen atoms in total. The van der Waals surface area contributed by atoms with E-state index in [1.165, 1.54) is 0 Å². The van der Waals surface area contributed by atoms with Gasteiger partial charge in [0.2, 0.25) is 21.8 Å². The summed E-state index contributed by atoms with van der Waals surface area (Å²) in [5.74, 6) is -0.0848. The number of amides is 2. The average molecular weight is 441 g/mol. The smallest absolute Gasteiger partial charge is 0.242 e. The maximum atomic E-state index is 12.4. The Labute approximate surface area is 180 Å². The summed E-state index contributed by atoms with van der Waals surface area (Å²) in [6, 6.07) is 14.4. The number of aromatic nitrogens is 2. The van der Waals surface area contributed by atoms with Crippen molar-refractivity contribution in [1.29, 1.82) is 0 Å². The fraction of sp³-hybridized carbons (Fsp3) is 0.318. The highest BCUT2D eigenvalue weighted by molar-refractivity contribution is 7.90. The van der Waals surface area contributed by atoms with Gasteiger partial charge in [0.05, 0.1) is 23.5 Å². The highest BCUT2D eigenvalue weighted by Crippen LogP contribution is 2.30. The molecule has 1 aliphatic heterocycles. The van der Waals surface area contributed by atoms with Crippen molar-refractivity contribution in [3.63, 3.8) is 0 Å². The Balaban J connectivity index is 1.59. The second-order valence-electron chi connectivity index (χ2n) is 8.06. The summed E-state index contributed by atoms with van der Waals surface area (Å²) in [6.07, 6.45) is 0.404. The summed E-state index contributed by atoms with van der Waals surface area (Å²) in [7, 11) is -3.68. The van der Waals surface area contributed by atoms with Crippen LogP contribution in [0.25, 0.3) is 11.0 Å². The van der Waals surface area contributed by atoms with E-state index in [9.17, 15) is 18.0 Å². The number of rotatable bonds is 6. The Morgan fingerprint density at radius 2 is 1.87 bits per heavy atom. The lowest BCUT2D eigenvalue weighted by Gasteiger charge is -2.19. The fourth-order valence-electron chi connectivity index (χ4n) is 3.64. The first-order chi connectivity index (χ1) is 14.7. The van der Waals surface area contributed by atoms with E-state index >= 15 is 0 Å². The number of nitrogens with zero attached hydrogens (tertiary/aromatic N) is 1. The summed E-state index contributed by atoms with van der Waals surface area (Å²) in [5.41, 5.74) is 3.18. The first-order valence-electron chi connectivity index (χ1n) is 10.1. The van der Waals surface area contributed by atoms with E-state index in [0.29, 0.717) is 17.8 Å². The zero-order valence-corrected chi connectivity index (χ0v) is 18.1. The minimum absolute atomic E-state index is 0.0757. The summed E-state index contributed by atoms with van der Waals surface area (Å²) in [6.45, 7) is 3.66. The molecule has 2 heterocycles. The molecule has 0 aliphatic carbocycles. The van der Waals surface area contributed by atoms with Crippen LogP contribution in [0, 0.1) is 5.92 Å². The first-order valence-corrected chi connectivity index (χ1v) is 11.7. The van der Waals surface area contributed by atoms with Crippen molar-refractivity contribution >= 4 is 32.9 Å². The normalized spacial score (nSPS) is 18.8. The molecule has 2 atom stereocenters. The molecule has 0 saturated carbocycles. The van der Waals surface area contributed by atoms with Crippen LogP contribution >= 0.6 is 0 Å². The molecule has 3 N–H and O–H groups in total. The third-order valence-corrected chi connectivity index (χ3v) is 7.07. The topological polar surface area (TPSA) is 121 Å². The second kappa shape index (κ2) is 8.14. The van der Waals surface area contributed by atoms with E-state index in [2.05, 4.69) is 15.3 Å². The zero-order chi connectivity index (χ0) is 22.2. The minimum atomic E-state index is -3.68. The third-order valence-electron chi connectivity index (χ3n) is 5.37. The Kier molecular flexibility index (Phi) is 5.53. The molecular formula is C22H24N4O4S. The number of fused-ring (bicyclic) bond motifs is 1. The minimum Gasteiger partial charge on any atom is -0.346 e. The van der Waals surface area contributed by atoms with E-state index in [4.69, 9.17) is 0 Å². The van der Waals surface area contributed by atoms with Crippen LogP contribution in [0.2, 0.25) is 0 Å². The van der Waals surface area contributed by atoms with Crippen molar-refractivity contribution in [2.24, 2.45) is 5.92 Å². The van der Waals surface area contributed by atoms with Crippen LogP contribution < -0.4 is 10.0 Å². The van der Waals surface area contributed by atoms with Crippen molar-refractivity contribution in [2.75, 3.05) is 0 Å². The fourth-order valence-corrected chi connectivity index (χ4v) is 5.07. The molecule has 9 heteroatoms. The largest absolute Gasteiger partial charge is 0.346 e.